The maximum Gasteiger partial charge on any atom is 0.317 e. The third kappa shape index (κ3) is 4.05. The van der Waals surface area contributed by atoms with Crippen LogP contribution >= 0.6 is 0 Å². The summed E-state index contributed by atoms with van der Waals surface area (Å²) >= 11 is 0. The van der Waals surface area contributed by atoms with Crippen molar-refractivity contribution in [2.45, 2.75) is 27.2 Å². The van der Waals surface area contributed by atoms with Gasteiger partial charge < -0.3 is 15.3 Å². The first-order valence-electron chi connectivity index (χ1n) is 6.33. The van der Waals surface area contributed by atoms with Crippen LogP contribution in [0, 0.1) is 11.8 Å². The number of urea groups is 1. The summed E-state index contributed by atoms with van der Waals surface area (Å²) in [4.78, 5) is 24.5. The Balaban J connectivity index is 2.43. The smallest absolute Gasteiger partial charge is 0.317 e. The molecule has 1 heterocycles. The molecular formula is C13H22N2O3. The zero-order valence-corrected chi connectivity index (χ0v) is 11.3. The molecule has 1 atom stereocenters. The summed E-state index contributed by atoms with van der Waals surface area (Å²) in [5, 5.41) is 11.7. The molecule has 18 heavy (non-hydrogen) atoms. The number of amides is 2. The molecule has 5 heteroatoms. The van der Waals surface area contributed by atoms with Crippen molar-refractivity contribution in [1.82, 2.24) is 10.2 Å². The predicted molar refractivity (Wildman–Crippen MR) is 69.3 cm³/mol. The van der Waals surface area contributed by atoms with Crippen molar-refractivity contribution in [1.29, 1.82) is 0 Å². The second-order valence-electron chi connectivity index (χ2n) is 5.12. The van der Waals surface area contributed by atoms with Crippen LogP contribution < -0.4 is 5.32 Å². The van der Waals surface area contributed by atoms with E-state index in [1.807, 2.05) is 19.9 Å². The number of carbonyl (C=O) groups excluding carboxylic acids is 1. The van der Waals surface area contributed by atoms with Gasteiger partial charge in [-0.25, -0.2) is 4.79 Å². The fourth-order valence-corrected chi connectivity index (χ4v) is 1.87. The number of aliphatic carboxylic acids is 1. The molecule has 0 bridgehead atoms. The van der Waals surface area contributed by atoms with Crippen molar-refractivity contribution >= 4 is 12.0 Å². The number of carboxylic acid groups (broad SMARTS) is 1. The van der Waals surface area contributed by atoms with Crippen molar-refractivity contribution in [3.05, 3.63) is 11.6 Å². The van der Waals surface area contributed by atoms with E-state index >= 15 is 0 Å². The normalized spacial score (nSPS) is 17.3. The molecule has 1 aliphatic rings. The van der Waals surface area contributed by atoms with Crippen molar-refractivity contribution in [3.8, 4) is 0 Å². The standard InChI is InChI=1S/C13H22N2O3/c1-9(2)11(12(16)17)8-14-13(18)15-6-4-10(3)5-7-15/h4,9,11H,5-8H2,1-3H3,(H,14,18)(H,16,17). The molecule has 0 saturated heterocycles. The van der Waals surface area contributed by atoms with Gasteiger partial charge in [-0.05, 0) is 19.3 Å². The number of rotatable bonds is 4. The molecule has 0 aromatic heterocycles. The van der Waals surface area contributed by atoms with Crippen molar-refractivity contribution in [3.63, 3.8) is 0 Å². The topological polar surface area (TPSA) is 69.6 Å². The summed E-state index contributed by atoms with van der Waals surface area (Å²) in [5.74, 6) is -1.39. The Morgan fingerprint density at radius 3 is 2.61 bits per heavy atom. The largest absolute Gasteiger partial charge is 0.481 e. The number of carboxylic acids is 1. The summed E-state index contributed by atoms with van der Waals surface area (Å²) in [5.41, 5.74) is 1.30. The van der Waals surface area contributed by atoms with Gasteiger partial charge in [0.05, 0.1) is 5.92 Å². The number of hydrogen-bond donors (Lipinski definition) is 2. The SMILES string of the molecule is CC1=CCN(C(=O)NCC(C(=O)O)C(C)C)CC1. The molecule has 0 fully saturated rings. The maximum atomic E-state index is 11.8. The van der Waals surface area contributed by atoms with Crippen LogP contribution in [-0.4, -0.2) is 41.6 Å². The minimum absolute atomic E-state index is 0.00583. The second kappa shape index (κ2) is 6.42. The Labute approximate surface area is 108 Å². The fraction of sp³-hybridized carbons (Fsp3) is 0.692. The highest BCUT2D eigenvalue weighted by Crippen LogP contribution is 2.11. The van der Waals surface area contributed by atoms with E-state index in [0.717, 1.165) is 6.42 Å². The first kappa shape index (κ1) is 14.5. The van der Waals surface area contributed by atoms with Crippen LogP contribution in [0.5, 0.6) is 0 Å². The van der Waals surface area contributed by atoms with Crippen LogP contribution in [0.1, 0.15) is 27.2 Å². The Morgan fingerprint density at radius 2 is 2.17 bits per heavy atom. The zero-order valence-electron chi connectivity index (χ0n) is 11.3. The first-order chi connectivity index (χ1) is 8.41. The van der Waals surface area contributed by atoms with E-state index in [1.54, 1.807) is 4.90 Å². The number of nitrogens with one attached hydrogen (secondary N) is 1. The van der Waals surface area contributed by atoms with E-state index in [1.165, 1.54) is 5.57 Å². The lowest BCUT2D eigenvalue weighted by molar-refractivity contribution is -0.142. The molecule has 1 rings (SSSR count). The lowest BCUT2D eigenvalue weighted by atomic mass is 9.96. The van der Waals surface area contributed by atoms with Gasteiger partial charge in [0.2, 0.25) is 0 Å². The van der Waals surface area contributed by atoms with Gasteiger partial charge in [-0.2, -0.15) is 0 Å². The van der Waals surface area contributed by atoms with Gasteiger partial charge in [0.15, 0.2) is 0 Å². The summed E-state index contributed by atoms with van der Waals surface area (Å²) in [6, 6.07) is -0.175. The lowest BCUT2D eigenvalue weighted by Crippen LogP contribution is -2.45. The van der Waals surface area contributed by atoms with Gasteiger partial charge in [0.1, 0.15) is 0 Å². The zero-order chi connectivity index (χ0) is 13.7. The highest BCUT2D eigenvalue weighted by molar-refractivity contribution is 5.76. The lowest BCUT2D eigenvalue weighted by Gasteiger charge is -2.26. The molecular weight excluding hydrogens is 232 g/mol. The van der Waals surface area contributed by atoms with Crippen molar-refractivity contribution < 1.29 is 14.7 Å². The van der Waals surface area contributed by atoms with E-state index in [-0.39, 0.29) is 18.5 Å². The number of nitrogens with zero attached hydrogens (tertiary/aromatic N) is 1. The Hall–Kier alpha value is -1.52. The minimum atomic E-state index is -0.861. The molecule has 102 valence electrons. The third-order valence-electron chi connectivity index (χ3n) is 3.32. The molecule has 0 aliphatic carbocycles. The van der Waals surface area contributed by atoms with Gasteiger partial charge >= 0.3 is 12.0 Å². The highest BCUT2D eigenvalue weighted by atomic mass is 16.4. The molecule has 2 N–H and O–H groups in total. The Morgan fingerprint density at radius 1 is 1.50 bits per heavy atom. The van der Waals surface area contributed by atoms with Crippen LogP contribution in [-0.2, 0) is 4.79 Å². The second-order valence-corrected chi connectivity index (χ2v) is 5.12. The van der Waals surface area contributed by atoms with Gasteiger partial charge in [-0.15, -0.1) is 0 Å². The average molecular weight is 254 g/mol. The molecule has 0 aromatic rings. The Bertz CT molecular complexity index is 350. The molecule has 1 unspecified atom stereocenters. The van der Waals surface area contributed by atoms with E-state index in [4.69, 9.17) is 5.11 Å². The molecule has 0 aromatic carbocycles. The van der Waals surface area contributed by atoms with Gasteiger partial charge in [-0.3, -0.25) is 4.79 Å². The van der Waals surface area contributed by atoms with E-state index in [2.05, 4.69) is 12.2 Å². The maximum absolute atomic E-state index is 11.8. The third-order valence-corrected chi connectivity index (χ3v) is 3.32. The number of hydrogen-bond acceptors (Lipinski definition) is 2. The van der Waals surface area contributed by atoms with Gasteiger partial charge in [0.25, 0.3) is 0 Å². The van der Waals surface area contributed by atoms with Crippen LogP contribution in [0.2, 0.25) is 0 Å². The van der Waals surface area contributed by atoms with Crippen LogP contribution in [0.3, 0.4) is 0 Å². The summed E-state index contributed by atoms with van der Waals surface area (Å²) in [6.07, 6.45) is 2.92. The predicted octanol–water partition coefficient (Wildman–Crippen LogP) is 1.70. The summed E-state index contributed by atoms with van der Waals surface area (Å²) in [7, 11) is 0. The molecule has 0 saturated carbocycles. The Kier molecular flexibility index (Phi) is 5.19. The van der Waals surface area contributed by atoms with Crippen molar-refractivity contribution in [2.24, 2.45) is 11.8 Å². The fourth-order valence-electron chi connectivity index (χ4n) is 1.87. The van der Waals surface area contributed by atoms with Crippen molar-refractivity contribution in [2.75, 3.05) is 19.6 Å². The van der Waals surface area contributed by atoms with E-state index < -0.39 is 11.9 Å². The van der Waals surface area contributed by atoms with Crippen LogP contribution in [0.4, 0.5) is 4.79 Å². The first-order valence-corrected chi connectivity index (χ1v) is 6.33. The van der Waals surface area contributed by atoms with Crippen LogP contribution in [0.15, 0.2) is 11.6 Å². The average Bonchev–Trinajstić information content (AvgIpc) is 2.28. The summed E-state index contributed by atoms with van der Waals surface area (Å²) in [6.45, 7) is 7.24. The molecule has 0 spiro atoms. The van der Waals surface area contributed by atoms with E-state index in [0.29, 0.717) is 13.1 Å². The summed E-state index contributed by atoms with van der Waals surface area (Å²) < 4.78 is 0. The molecule has 0 radical (unpaired) electrons. The number of carbonyl (C=O) groups is 2. The van der Waals surface area contributed by atoms with Gasteiger partial charge in [-0.1, -0.05) is 25.5 Å². The molecule has 2 amide bonds. The van der Waals surface area contributed by atoms with E-state index in [9.17, 15) is 9.59 Å². The molecule has 5 nitrogen and oxygen atoms in total. The quantitative estimate of drug-likeness (QED) is 0.750. The minimum Gasteiger partial charge on any atom is -0.481 e. The molecule has 1 aliphatic heterocycles. The monoisotopic (exact) mass is 254 g/mol. The van der Waals surface area contributed by atoms with Gasteiger partial charge in [0, 0.05) is 19.6 Å². The highest BCUT2D eigenvalue weighted by Gasteiger charge is 2.23. The van der Waals surface area contributed by atoms with Crippen LogP contribution in [0.25, 0.3) is 0 Å².